The molecule has 1 unspecified atom stereocenters. The fourth-order valence-corrected chi connectivity index (χ4v) is 2.49. The third-order valence-electron chi connectivity index (χ3n) is 3.57. The molecule has 1 heterocycles. The number of nitrogens with one attached hydrogen (secondary N) is 1. The number of amides is 1. The number of hydrogen-bond donors (Lipinski definition) is 2. The number of nitrogens with zero attached hydrogens (tertiary/aromatic N) is 1. The SMILES string of the molecule is CC(C)(C)OC(=O)NCC1CCN(c2ccc(N)c(F)c2)C1. The van der Waals surface area contributed by atoms with Gasteiger partial charge in [0, 0.05) is 25.3 Å². The number of alkyl carbamates (subject to hydrolysis) is 1. The number of carbonyl (C=O) groups excluding carboxylic acids is 1. The smallest absolute Gasteiger partial charge is 0.407 e. The molecule has 1 amide bonds. The number of ether oxygens (including phenoxy) is 1. The molecule has 1 aliphatic rings. The highest BCUT2D eigenvalue weighted by Gasteiger charge is 2.24. The molecule has 122 valence electrons. The molecule has 1 saturated heterocycles. The van der Waals surface area contributed by atoms with Crippen LogP contribution in [-0.2, 0) is 4.74 Å². The van der Waals surface area contributed by atoms with E-state index in [2.05, 4.69) is 10.2 Å². The summed E-state index contributed by atoms with van der Waals surface area (Å²) in [6.45, 7) is 7.67. The molecule has 0 bridgehead atoms. The molecule has 5 nitrogen and oxygen atoms in total. The third kappa shape index (κ3) is 4.51. The maximum Gasteiger partial charge on any atom is 0.407 e. The zero-order valence-corrected chi connectivity index (χ0v) is 13.4. The van der Waals surface area contributed by atoms with Gasteiger partial charge in [-0.3, -0.25) is 0 Å². The first-order valence-electron chi connectivity index (χ1n) is 7.51. The second kappa shape index (κ2) is 6.42. The molecular weight excluding hydrogens is 285 g/mol. The predicted molar refractivity (Wildman–Crippen MR) is 85.4 cm³/mol. The van der Waals surface area contributed by atoms with Crippen LogP contribution in [0.1, 0.15) is 27.2 Å². The zero-order valence-electron chi connectivity index (χ0n) is 13.4. The van der Waals surface area contributed by atoms with Crippen LogP contribution in [0.25, 0.3) is 0 Å². The van der Waals surface area contributed by atoms with E-state index in [1.807, 2.05) is 26.8 Å². The number of hydrogen-bond acceptors (Lipinski definition) is 4. The Kier molecular flexibility index (Phi) is 4.78. The summed E-state index contributed by atoms with van der Waals surface area (Å²) in [6, 6.07) is 4.86. The molecule has 1 fully saturated rings. The molecule has 0 spiro atoms. The molecule has 1 atom stereocenters. The summed E-state index contributed by atoms with van der Waals surface area (Å²) in [4.78, 5) is 13.7. The number of anilines is 2. The summed E-state index contributed by atoms with van der Waals surface area (Å²) in [5.41, 5.74) is 5.98. The van der Waals surface area contributed by atoms with Crippen LogP contribution in [0.3, 0.4) is 0 Å². The lowest BCUT2D eigenvalue weighted by molar-refractivity contribution is 0.0520. The van der Waals surface area contributed by atoms with Crippen molar-refractivity contribution < 1.29 is 13.9 Å². The Morgan fingerprint density at radius 1 is 1.50 bits per heavy atom. The highest BCUT2D eigenvalue weighted by atomic mass is 19.1. The molecule has 1 aliphatic heterocycles. The Bertz CT molecular complexity index is 543. The lowest BCUT2D eigenvalue weighted by atomic mass is 10.1. The van der Waals surface area contributed by atoms with Gasteiger partial charge in [0.2, 0.25) is 0 Å². The topological polar surface area (TPSA) is 67.6 Å². The molecule has 6 heteroatoms. The molecule has 3 N–H and O–H groups in total. The van der Waals surface area contributed by atoms with E-state index >= 15 is 0 Å². The quantitative estimate of drug-likeness (QED) is 0.843. The largest absolute Gasteiger partial charge is 0.444 e. The van der Waals surface area contributed by atoms with E-state index in [4.69, 9.17) is 10.5 Å². The number of halogens is 1. The molecule has 0 aliphatic carbocycles. The minimum Gasteiger partial charge on any atom is -0.444 e. The lowest BCUT2D eigenvalue weighted by Gasteiger charge is -2.21. The summed E-state index contributed by atoms with van der Waals surface area (Å²) < 4.78 is 18.7. The zero-order chi connectivity index (χ0) is 16.3. The Hall–Kier alpha value is -1.98. The monoisotopic (exact) mass is 309 g/mol. The van der Waals surface area contributed by atoms with Crippen molar-refractivity contribution in [3.63, 3.8) is 0 Å². The second-order valence-corrected chi connectivity index (χ2v) is 6.69. The highest BCUT2D eigenvalue weighted by Crippen LogP contribution is 2.26. The van der Waals surface area contributed by atoms with Gasteiger partial charge in [-0.2, -0.15) is 0 Å². The minimum atomic E-state index is -0.493. The van der Waals surface area contributed by atoms with Gasteiger partial charge in [0.25, 0.3) is 0 Å². The van der Waals surface area contributed by atoms with Gasteiger partial charge < -0.3 is 20.7 Å². The Morgan fingerprint density at radius 3 is 2.86 bits per heavy atom. The van der Waals surface area contributed by atoms with Crippen molar-refractivity contribution in [2.75, 3.05) is 30.3 Å². The number of nitrogen functional groups attached to an aromatic ring is 1. The summed E-state index contributed by atoms with van der Waals surface area (Å²) in [5, 5.41) is 2.79. The number of nitrogens with two attached hydrogens (primary N) is 1. The number of carbonyl (C=O) groups is 1. The maximum atomic E-state index is 13.5. The molecule has 1 aromatic carbocycles. The first-order chi connectivity index (χ1) is 10.2. The van der Waals surface area contributed by atoms with Crippen molar-refractivity contribution in [1.29, 1.82) is 0 Å². The second-order valence-electron chi connectivity index (χ2n) is 6.69. The summed E-state index contributed by atoms with van der Waals surface area (Å²) in [6.07, 6.45) is 0.548. The first-order valence-corrected chi connectivity index (χ1v) is 7.51. The van der Waals surface area contributed by atoms with E-state index in [0.29, 0.717) is 12.5 Å². The van der Waals surface area contributed by atoms with Crippen LogP contribution < -0.4 is 16.0 Å². The standard InChI is InChI=1S/C16H24FN3O2/c1-16(2,3)22-15(21)19-9-11-6-7-20(10-11)12-4-5-14(18)13(17)8-12/h4-5,8,11H,6-7,9-10,18H2,1-3H3,(H,19,21). The molecular formula is C16H24FN3O2. The van der Waals surface area contributed by atoms with Crippen molar-refractivity contribution in [2.24, 2.45) is 5.92 Å². The Labute approximate surface area is 130 Å². The summed E-state index contributed by atoms with van der Waals surface area (Å²) in [5.74, 6) is -0.0686. The van der Waals surface area contributed by atoms with Crippen LogP contribution in [0.5, 0.6) is 0 Å². The van der Waals surface area contributed by atoms with Crippen molar-refractivity contribution in [3.05, 3.63) is 24.0 Å². The van der Waals surface area contributed by atoms with Gasteiger partial charge in [0.05, 0.1) is 5.69 Å². The van der Waals surface area contributed by atoms with Gasteiger partial charge in [0.15, 0.2) is 0 Å². The van der Waals surface area contributed by atoms with Crippen molar-refractivity contribution in [3.8, 4) is 0 Å². The highest BCUT2D eigenvalue weighted by molar-refractivity contribution is 5.67. The molecule has 2 rings (SSSR count). The van der Waals surface area contributed by atoms with Crippen LogP contribution in [0, 0.1) is 11.7 Å². The van der Waals surface area contributed by atoms with Gasteiger partial charge in [0.1, 0.15) is 11.4 Å². The molecule has 1 aromatic rings. The Morgan fingerprint density at radius 2 is 2.23 bits per heavy atom. The van der Waals surface area contributed by atoms with Crippen LogP contribution >= 0.6 is 0 Å². The average molecular weight is 309 g/mol. The summed E-state index contributed by atoms with van der Waals surface area (Å²) >= 11 is 0. The van der Waals surface area contributed by atoms with E-state index in [0.717, 1.165) is 25.2 Å². The normalized spacial score (nSPS) is 18.4. The first kappa shape index (κ1) is 16.4. The van der Waals surface area contributed by atoms with E-state index < -0.39 is 17.5 Å². The van der Waals surface area contributed by atoms with E-state index in [9.17, 15) is 9.18 Å². The molecule has 0 radical (unpaired) electrons. The number of rotatable bonds is 3. The van der Waals surface area contributed by atoms with Crippen molar-refractivity contribution >= 4 is 17.5 Å². The van der Waals surface area contributed by atoms with Crippen molar-refractivity contribution in [1.82, 2.24) is 5.32 Å². The lowest BCUT2D eigenvalue weighted by Crippen LogP contribution is -2.36. The van der Waals surface area contributed by atoms with Crippen molar-refractivity contribution in [2.45, 2.75) is 32.8 Å². The number of benzene rings is 1. The van der Waals surface area contributed by atoms with Gasteiger partial charge in [-0.15, -0.1) is 0 Å². The fraction of sp³-hybridized carbons (Fsp3) is 0.562. The van der Waals surface area contributed by atoms with E-state index in [1.165, 1.54) is 6.07 Å². The van der Waals surface area contributed by atoms with Gasteiger partial charge in [-0.25, -0.2) is 9.18 Å². The van der Waals surface area contributed by atoms with Crippen LogP contribution in [-0.4, -0.2) is 31.3 Å². The van der Waals surface area contributed by atoms with E-state index in [1.54, 1.807) is 6.07 Å². The summed E-state index contributed by atoms with van der Waals surface area (Å²) in [7, 11) is 0. The maximum absolute atomic E-state index is 13.5. The van der Waals surface area contributed by atoms with Gasteiger partial charge in [-0.05, 0) is 51.3 Å². The van der Waals surface area contributed by atoms with E-state index in [-0.39, 0.29) is 5.69 Å². The van der Waals surface area contributed by atoms with Crippen LogP contribution in [0.4, 0.5) is 20.6 Å². The minimum absolute atomic E-state index is 0.158. The fourth-order valence-electron chi connectivity index (χ4n) is 2.49. The predicted octanol–water partition coefficient (Wildman–Crippen LogP) is 2.76. The van der Waals surface area contributed by atoms with Crippen LogP contribution in [0.2, 0.25) is 0 Å². The van der Waals surface area contributed by atoms with Gasteiger partial charge >= 0.3 is 6.09 Å². The third-order valence-corrected chi connectivity index (χ3v) is 3.57. The molecule has 0 aromatic heterocycles. The Balaban J connectivity index is 1.83. The molecule has 22 heavy (non-hydrogen) atoms. The average Bonchev–Trinajstić information content (AvgIpc) is 2.86. The van der Waals surface area contributed by atoms with Crippen LogP contribution in [0.15, 0.2) is 18.2 Å². The molecule has 0 saturated carbocycles. The van der Waals surface area contributed by atoms with Gasteiger partial charge in [-0.1, -0.05) is 0 Å².